The smallest absolute Gasteiger partial charge is 0.203 e. The van der Waals surface area contributed by atoms with Crippen LogP contribution in [0.25, 0.3) is 0 Å². The number of nitrogen functional groups attached to an aromatic ring is 1. The van der Waals surface area contributed by atoms with Gasteiger partial charge in [0.15, 0.2) is 17.3 Å². The van der Waals surface area contributed by atoms with Gasteiger partial charge in [0.05, 0.1) is 27.4 Å². The Hall–Kier alpha value is -2.73. The number of carbonyl (C=O) groups excluding carboxylic acids is 1. The van der Waals surface area contributed by atoms with Gasteiger partial charge in [0.2, 0.25) is 5.75 Å². The van der Waals surface area contributed by atoms with Gasteiger partial charge >= 0.3 is 0 Å². The van der Waals surface area contributed by atoms with E-state index in [1.54, 1.807) is 40.6 Å². The maximum absolute atomic E-state index is 13.7. The quantitative estimate of drug-likeness (QED) is 0.536. The molecule has 30 heavy (non-hydrogen) atoms. The Morgan fingerprint density at radius 3 is 2.17 bits per heavy atom. The highest BCUT2D eigenvalue weighted by atomic mass is 16.5. The van der Waals surface area contributed by atoms with E-state index in [0.717, 1.165) is 29.7 Å². The molecule has 2 aromatic rings. The molecule has 0 radical (unpaired) electrons. The number of anilines is 1. The van der Waals surface area contributed by atoms with Gasteiger partial charge in [0.25, 0.3) is 0 Å². The van der Waals surface area contributed by atoms with Gasteiger partial charge in [-0.3, -0.25) is 4.79 Å². The van der Waals surface area contributed by atoms with Crippen LogP contribution in [0.1, 0.15) is 46.7 Å². The van der Waals surface area contributed by atoms with Crippen molar-refractivity contribution in [3.63, 3.8) is 0 Å². The van der Waals surface area contributed by atoms with Crippen molar-refractivity contribution < 1.29 is 23.7 Å². The molecule has 2 N–H and O–H groups in total. The average molecular weight is 414 g/mol. The molecule has 6 nitrogen and oxygen atoms in total. The molecule has 3 rings (SSSR count). The number of hydrogen-bond donors (Lipinski definition) is 1. The Balaban J connectivity index is 2.02. The minimum absolute atomic E-state index is 0.0418. The first-order valence-electron chi connectivity index (χ1n) is 10.2. The summed E-state index contributed by atoms with van der Waals surface area (Å²) in [6, 6.07) is 9.55. The molecule has 6 heteroatoms. The molecule has 162 valence electrons. The molecule has 1 saturated carbocycles. The van der Waals surface area contributed by atoms with Crippen LogP contribution >= 0.6 is 0 Å². The highest BCUT2D eigenvalue weighted by Gasteiger charge is 2.37. The monoisotopic (exact) mass is 413 g/mol. The summed E-state index contributed by atoms with van der Waals surface area (Å²) in [6.45, 7) is 1.99. The van der Waals surface area contributed by atoms with Gasteiger partial charge in [0, 0.05) is 24.3 Å². The Kier molecular flexibility index (Phi) is 6.87. The topological polar surface area (TPSA) is 80.0 Å². The molecule has 2 aromatic carbocycles. The highest BCUT2D eigenvalue weighted by Crippen LogP contribution is 2.44. The molecule has 3 atom stereocenters. The first-order valence-corrected chi connectivity index (χ1v) is 10.2. The number of ketones is 1. The first-order chi connectivity index (χ1) is 14.4. The van der Waals surface area contributed by atoms with E-state index < -0.39 is 0 Å². The zero-order chi connectivity index (χ0) is 21.8. The van der Waals surface area contributed by atoms with E-state index in [1.165, 1.54) is 0 Å². The molecular weight excluding hydrogens is 382 g/mol. The zero-order valence-electron chi connectivity index (χ0n) is 18.4. The third-order valence-corrected chi connectivity index (χ3v) is 6.15. The van der Waals surface area contributed by atoms with Crippen molar-refractivity contribution in [2.75, 3.05) is 34.2 Å². The fraction of sp³-hybridized carbons (Fsp3) is 0.458. The number of ether oxygens (including phenoxy) is 4. The molecule has 1 aliphatic rings. The van der Waals surface area contributed by atoms with Gasteiger partial charge < -0.3 is 24.7 Å². The number of aryl methyl sites for hydroxylation is 1. The molecule has 1 fully saturated rings. The summed E-state index contributed by atoms with van der Waals surface area (Å²) in [4.78, 5) is 13.7. The second-order valence-corrected chi connectivity index (χ2v) is 7.78. The molecule has 0 saturated heterocycles. The van der Waals surface area contributed by atoms with Crippen molar-refractivity contribution in [2.45, 2.75) is 38.2 Å². The summed E-state index contributed by atoms with van der Waals surface area (Å²) in [7, 11) is 6.34. The molecule has 0 bridgehead atoms. The van der Waals surface area contributed by atoms with Crippen LogP contribution in [0.15, 0.2) is 30.3 Å². The van der Waals surface area contributed by atoms with Gasteiger partial charge in [0.1, 0.15) is 0 Å². The van der Waals surface area contributed by atoms with E-state index in [4.69, 9.17) is 24.7 Å². The SMILES string of the molecule is COc1cc(C(=O)C2CC(OC)CCC2c2ccc(C)c(N)c2)cc(OC)c1OC. The summed E-state index contributed by atoms with van der Waals surface area (Å²) in [5, 5.41) is 0. The van der Waals surface area contributed by atoms with E-state index in [9.17, 15) is 4.79 Å². The largest absolute Gasteiger partial charge is 0.493 e. The average Bonchev–Trinajstić information content (AvgIpc) is 2.78. The van der Waals surface area contributed by atoms with Crippen LogP contribution in [-0.2, 0) is 4.74 Å². The minimum atomic E-state index is -0.228. The third kappa shape index (κ3) is 4.24. The van der Waals surface area contributed by atoms with E-state index in [1.807, 2.05) is 19.1 Å². The summed E-state index contributed by atoms with van der Waals surface area (Å²) in [6.07, 6.45) is 2.49. The fourth-order valence-corrected chi connectivity index (χ4v) is 4.36. The van der Waals surface area contributed by atoms with Gasteiger partial charge in [-0.05, 0) is 61.4 Å². The van der Waals surface area contributed by atoms with E-state index in [0.29, 0.717) is 29.2 Å². The number of Topliss-reactive ketones (excluding diaryl/α,β-unsaturated/α-hetero) is 1. The first kappa shape index (κ1) is 22.0. The molecule has 3 unspecified atom stereocenters. The zero-order valence-corrected chi connectivity index (χ0v) is 18.4. The predicted octanol–water partition coefficient (Wildman–Crippen LogP) is 4.38. The summed E-state index contributed by atoms with van der Waals surface area (Å²) < 4.78 is 21.9. The highest BCUT2D eigenvalue weighted by molar-refractivity contribution is 5.99. The van der Waals surface area contributed by atoms with E-state index >= 15 is 0 Å². The molecular formula is C24H31NO5. The van der Waals surface area contributed by atoms with Crippen LogP contribution in [0.3, 0.4) is 0 Å². The molecule has 0 spiro atoms. The molecule has 0 amide bonds. The summed E-state index contributed by atoms with van der Waals surface area (Å²) in [5.74, 6) is 1.29. The molecule has 0 aliphatic heterocycles. The molecule has 0 aromatic heterocycles. The van der Waals surface area contributed by atoms with Crippen LogP contribution in [0.4, 0.5) is 5.69 Å². The normalized spacial score (nSPS) is 21.2. The number of hydrogen-bond acceptors (Lipinski definition) is 6. The summed E-state index contributed by atoms with van der Waals surface area (Å²) >= 11 is 0. The lowest BCUT2D eigenvalue weighted by Crippen LogP contribution is -2.33. The van der Waals surface area contributed by atoms with Gasteiger partial charge in [-0.2, -0.15) is 0 Å². The van der Waals surface area contributed by atoms with Crippen molar-refractivity contribution in [1.82, 2.24) is 0 Å². The van der Waals surface area contributed by atoms with Gasteiger partial charge in [-0.25, -0.2) is 0 Å². The van der Waals surface area contributed by atoms with E-state index in [-0.39, 0.29) is 23.7 Å². The lowest BCUT2D eigenvalue weighted by Gasteiger charge is -2.35. The Labute approximate surface area is 178 Å². The number of methoxy groups -OCH3 is 4. The Bertz CT molecular complexity index is 885. The van der Waals surface area contributed by atoms with Crippen molar-refractivity contribution in [3.8, 4) is 17.2 Å². The second-order valence-electron chi connectivity index (χ2n) is 7.78. The fourth-order valence-electron chi connectivity index (χ4n) is 4.36. The third-order valence-electron chi connectivity index (χ3n) is 6.15. The van der Waals surface area contributed by atoms with Gasteiger partial charge in [-0.1, -0.05) is 12.1 Å². The predicted molar refractivity (Wildman–Crippen MR) is 117 cm³/mol. The molecule has 0 heterocycles. The van der Waals surface area contributed by atoms with Crippen LogP contribution in [0.2, 0.25) is 0 Å². The van der Waals surface area contributed by atoms with Crippen LogP contribution in [-0.4, -0.2) is 40.3 Å². The lowest BCUT2D eigenvalue weighted by molar-refractivity contribution is 0.0389. The number of benzene rings is 2. The Morgan fingerprint density at radius 2 is 1.63 bits per heavy atom. The van der Waals surface area contributed by atoms with Crippen molar-refractivity contribution in [3.05, 3.63) is 47.0 Å². The maximum atomic E-state index is 13.7. The molecule has 1 aliphatic carbocycles. The second kappa shape index (κ2) is 9.39. The van der Waals surface area contributed by atoms with Gasteiger partial charge in [-0.15, -0.1) is 0 Å². The Morgan fingerprint density at radius 1 is 0.967 bits per heavy atom. The van der Waals surface area contributed by atoms with Crippen molar-refractivity contribution in [1.29, 1.82) is 0 Å². The number of carbonyl (C=O) groups is 1. The standard InChI is InChI=1S/C24H31NO5/c1-14-6-7-15(10-20(14)25)18-9-8-17(27-2)13-19(18)23(26)16-11-21(28-3)24(30-5)22(12-16)29-4/h6-7,10-12,17-19H,8-9,13,25H2,1-5H3. The van der Waals surface area contributed by atoms with E-state index in [2.05, 4.69) is 6.07 Å². The maximum Gasteiger partial charge on any atom is 0.203 e. The van der Waals surface area contributed by atoms with Crippen molar-refractivity contribution in [2.24, 2.45) is 5.92 Å². The number of nitrogens with two attached hydrogens (primary N) is 1. The van der Waals surface area contributed by atoms with Crippen molar-refractivity contribution >= 4 is 11.5 Å². The minimum Gasteiger partial charge on any atom is -0.493 e. The van der Waals surface area contributed by atoms with Crippen LogP contribution in [0, 0.1) is 12.8 Å². The number of rotatable bonds is 7. The van der Waals surface area contributed by atoms with Crippen LogP contribution in [0.5, 0.6) is 17.2 Å². The summed E-state index contributed by atoms with van der Waals surface area (Å²) in [5.41, 5.74) is 9.59. The lowest BCUT2D eigenvalue weighted by atomic mass is 9.71. The van der Waals surface area contributed by atoms with Crippen LogP contribution < -0.4 is 19.9 Å².